The smallest absolute Gasteiger partial charge is 0.196 e. The van der Waals surface area contributed by atoms with E-state index in [2.05, 4.69) is 0 Å². The van der Waals surface area contributed by atoms with Gasteiger partial charge in [-0.2, -0.15) is 0 Å². The highest BCUT2D eigenvalue weighted by Crippen LogP contribution is 2.28. The molecule has 1 heterocycles. The van der Waals surface area contributed by atoms with Gasteiger partial charge in [0.1, 0.15) is 35.8 Å². The molecule has 4 nitrogen and oxygen atoms in total. The quantitative estimate of drug-likeness (QED) is 0.423. The number of carbonyl (C=O) groups is 1. The Bertz CT molecular complexity index is 1130. The van der Waals surface area contributed by atoms with Gasteiger partial charge in [-0.25, -0.2) is 4.39 Å². The number of hydrogen-bond acceptors (Lipinski definition) is 4. The first-order chi connectivity index (χ1) is 13.6. The molecular formula is C23H17FO4. The minimum Gasteiger partial charge on any atom is -0.497 e. The molecule has 1 aromatic heterocycles. The van der Waals surface area contributed by atoms with Crippen molar-refractivity contribution in [1.82, 2.24) is 0 Å². The second-order valence-corrected chi connectivity index (χ2v) is 6.28. The van der Waals surface area contributed by atoms with E-state index in [0.717, 1.165) is 5.56 Å². The number of furan rings is 1. The largest absolute Gasteiger partial charge is 0.497 e. The van der Waals surface area contributed by atoms with Crippen molar-refractivity contribution in [2.24, 2.45) is 0 Å². The fourth-order valence-electron chi connectivity index (χ4n) is 2.97. The van der Waals surface area contributed by atoms with Gasteiger partial charge in [-0.1, -0.05) is 12.1 Å². The van der Waals surface area contributed by atoms with Crippen molar-refractivity contribution >= 4 is 16.8 Å². The summed E-state index contributed by atoms with van der Waals surface area (Å²) in [5, 5.41) is 0.664. The Morgan fingerprint density at radius 3 is 2.54 bits per heavy atom. The zero-order valence-electron chi connectivity index (χ0n) is 15.1. The molecule has 4 rings (SSSR count). The highest BCUT2D eigenvalue weighted by atomic mass is 19.1. The van der Waals surface area contributed by atoms with Gasteiger partial charge in [-0.3, -0.25) is 4.79 Å². The Hall–Kier alpha value is -3.60. The summed E-state index contributed by atoms with van der Waals surface area (Å²) in [7, 11) is 1.58. The first-order valence-corrected chi connectivity index (χ1v) is 8.71. The Balaban J connectivity index is 1.59. The molecule has 0 bridgehead atoms. The normalized spacial score (nSPS) is 10.8. The van der Waals surface area contributed by atoms with Gasteiger partial charge in [0, 0.05) is 10.9 Å². The SMILES string of the molecule is COc1ccc(C(=O)c2coc3ccc(OCc4cccc(F)c4)cc23)cc1. The van der Waals surface area contributed by atoms with Crippen LogP contribution in [-0.2, 0) is 6.61 Å². The van der Waals surface area contributed by atoms with Crippen molar-refractivity contribution in [3.63, 3.8) is 0 Å². The fourth-order valence-corrected chi connectivity index (χ4v) is 2.97. The van der Waals surface area contributed by atoms with E-state index in [0.29, 0.717) is 33.6 Å². The van der Waals surface area contributed by atoms with E-state index in [-0.39, 0.29) is 18.2 Å². The topological polar surface area (TPSA) is 48.7 Å². The van der Waals surface area contributed by atoms with Gasteiger partial charge in [-0.15, -0.1) is 0 Å². The van der Waals surface area contributed by atoms with Crippen molar-refractivity contribution in [3.05, 3.63) is 95.5 Å². The third-order valence-corrected chi connectivity index (χ3v) is 4.44. The van der Waals surface area contributed by atoms with E-state index in [1.165, 1.54) is 18.4 Å². The minimum atomic E-state index is -0.307. The van der Waals surface area contributed by atoms with Gasteiger partial charge < -0.3 is 13.9 Å². The lowest BCUT2D eigenvalue weighted by Crippen LogP contribution is -2.00. The lowest BCUT2D eigenvalue weighted by Gasteiger charge is -2.07. The number of halogens is 1. The van der Waals surface area contributed by atoms with Crippen LogP contribution >= 0.6 is 0 Å². The average Bonchev–Trinajstić information content (AvgIpc) is 3.15. The van der Waals surface area contributed by atoms with Crippen molar-refractivity contribution in [1.29, 1.82) is 0 Å². The maximum absolute atomic E-state index is 13.3. The van der Waals surface area contributed by atoms with E-state index >= 15 is 0 Å². The van der Waals surface area contributed by atoms with Crippen LogP contribution in [-0.4, -0.2) is 12.9 Å². The third kappa shape index (κ3) is 3.60. The zero-order chi connectivity index (χ0) is 19.5. The Labute approximate surface area is 161 Å². The van der Waals surface area contributed by atoms with E-state index in [9.17, 15) is 9.18 Å². The van der Waals surface area contributed by atoms with E-state index in [4.69, 9.17) is 13.9 Å². The van der Waals surface area contributed by atoms with Crippen LogP contribution in [0, 0.1) is 5.82 Å². The Kier molecular flexibility index (Phi) is 4.81. The monoisotopic (exact) mass is 376 g/mol. The molecule has 5 heteroatoms. The molecule has 0 spiro atoms. The van der Waals surface area contributed by atoms with E-state index in [1.807, 2.05) is 0 Å². The molecule has 0 aliphatic heterocycles. The van der Waals surface area contributed by atoms with E-state index in [1.54, 1.807) is 61.7 Å². The van der Waals surface area contributed by atoms with Gasteiger partial charge in [-0.05, 0) is 60.2 Å². The summed E-state index contributed by atoms with van der Waals surface area (Å²) >= 11 is 0. The Morgan fingerprint density at radius 1 is 1.00 bits per heavy atom. The summed E-state index contributed by atoms with van der Waals surface area (Å²) in [5.74, 6) is 0.797. The maximum Gasteiger partial charge on any atom is 0.196 e. The molecule has 0 saturated carbocycles. The summed E-state index contributed by atoms with van der Waals surface area (Å²) in [6, 6.07) is 18.4. The summed E-state index contributed by atoms with van der Waals surface area (Å²) < 4.78 is 29.7. The van der Waals surface area contributed by atoms with Gasteiger partial charge in [0.2, 0.25) is 0 Å². The maximum atomic E-state index is 13.3. The summed E-state index contributed by atoms with van der Waals surface area (Å²) in [5.41, 5.74) is 2.31. The lowest BCUT2D eigenvalue weighted by molar-refractivity contribution is 0.103. The van der Waals surface area contributed by atoms with Crippen LogP contribution < -0.4 is 9.47 Å². The van der Waals surface area contributed by atoms with Gasteiger partial charge in [0.25, 0.3) is 0 Å². The molecule has 3 aromatic carbocycles. The standard InChI is InChI=1S/C23H17FO4/c1-26-18-7-5-16(6-8-18)23(25)21-14-28-22-10-9-19(12-20(21)22)27-13-15-3-2-4-17(24)11-15/h2-12,14H,13H2,1H3. The fraction of sp³-hybridized carbons (Fsp3) is 0.0870. The van der Waals surface area contributed by atoms with Crippen molar-refractivity contribution < 1.29 is 23.1 Å². The number of ketones is 1. The number of benzene rings is 3. The van der Waals surface area contributed by atoms with Gasteiger partial charge in [0.05, 0.1) is 12.7 Å². The van der Waals surface area contributed by atoms with Crippen LogP contribution in [0.3, 0.4) is 0 Å². The summed E-state index contributed by atoms with van der Waals surface area (Å²) in [4.78, 5) is 12.9. The molecule has 0 unspecified atom stereocenters. The first kappa shape index (κ1) is 17.8. The van der Waals surface area contributed by atoms with Crippen molar-refractivity contribution in [2.45, 2.75) is 6.61 Å². The minimum absolute atomic E-state index is 0.149. The second-order valence-electron chi connectivity index (χ2n) is 6.28. The molecular weight excluding hydrogens is 359 g/mol. The number of carbonyl (C=O) groups excluding carboxylic acids is 1. The summed E-state index contributed by atoms with van der Waals surface area (Å²) in [6.45, 7) is 0.225. The molecule has 4 aromatic rings. The molecule has 0 radical (unpaired) electrons. The van der Waals surface area contributed by atoms with Crippen LogP contribution in [0.4, 0.5) is 4.39 Å². The predicted octanol–water partition coefficient (Wildman–Crippen LogP) is 5.39. The molecule has 0 N–H and O–H groups in total. The molecule has 140 valence electrons. The van der Waals surface area contributed by atoms with Crippen LogP contribution in [0.1, 0.15) is 21.5 Å². The molecule has 0 atom stereocenters. The number of methoxy groups -OCH3 is 1. The number of fused-ring (bicyclic) bond motifs is 1. The third-order valence-electron chi connectivity index (χ3n) is 4.44. The molecule has 0 fully saturated rings. The predicted molar refractivity (Wildman–Crippen MR) is 103 cm³/mol. The first-order valence-electron chi connectivity index (χ1n) is 8.71. The molecule has 0 amide bonds. The van der Waals surface area contributed by atoms with Gasteiger partial charge >= 0.3 is 0 Å². The second kappa shape index (κ2) is 7.56. The van der Waals surface area contributed by atoms with Crippen LogP contribution in [0.25, 0.3) is 11.0 Å². The van der Waals surface area contributed by atoms with Crippen molar-refractivity contribution in [3.8, 4) is 11.5 Å². The number of rotatable bonds is 6. The zero-order valence-corrected chi connectivity index (χ0v) is 15.1. The lowest BCUT2D eigenvalue weighted by atomic mass is 10.0. The summed E-state index contributed by atoms with van der Waals surface area (Å²) in [6.07, 6.45) is 1.45. The molecule has 28 heavy (non-hydrogen) atoms. The number of hydrogen-bond donors (Lipinski definition) is 0. The van der Waals surface area contributed by atoms with Crippen LogP contribution in [0.5, 0.6) is 11.5 Å². The van der Waals surface area contributed by atoms with Crippen LogP contribution in [0.15, 0.2) is 77.4 Å². The molecule has 0 aliphatic carbocycles. The van der Waals surface area contributed by atoms with Crippen molar-refractivity contribution in [2.75, 3.05) is 7.11 Å². The van der Waals surface area contributed by atoms with E-state index < -0.39 is 0 Å². The highest BCUT2D eigenvalue weighted by molar-refractivity contribution is 6.16. The average molecular weight is 376 g/mol. The number of ether oxygens (including phenoxy) is 2. The Morgan fingerprint density at radius 2 is 1.79 bits per heavy atom. The van der Waals surface area contributed by atoms with Crippen LogP contribution in [0.2, 0.25) is 0 Å². The van der Waals surface area contributed by atoms with Gasteiger partial charge in [0.15, 0.2) is 5.78 Å². The molecule has 0 saturated heterocycles. The molecule has 0 aliphatic rings. The highest BCUT2D eigenvalue weighted by Gasteiger charge is 2.16.